The van der Waals surface area contributed by atoms with Gasteiger partial charge in [-0.15, -0.1) is 0 Å². The molecule has 2 aliphatic rings. The van der Waals surface area contributed by atoms with Crippen molar-refractivity contribution in [3.05, 3.63) is 82.9 Å². The van der Waals surface area contributed by atoms with Gasteiger partial charge in [-0.05, 0) is 92.5 Å². The van der Waals surface area contributed by atoms with Crippen LogP contribution < -0.4 is 9.47 Å². The molecule has 2 aliphatic carbocycles. The van der Waals surface area contributed by atoms with E-state index >= 15 is 0 Å². The second kappa shape index (κ2) is 17.4. The lowest BCUT2D eigenvalue weighted by Crippen LogP contribution is -2.15. The summed E-state index contributed by atoms with van der Waals surface area (Å²) in [5, 5.41) is 21.4. The predicted octanol–water partition coefficient (Wildman–Crippen LogP) is 11.1. The van der Waals surface area contributed by atoms with Gasteiger partial charge in [-0.2, -0.15) is 0 Å². The number of hydrogen-bond donors (Lipinski definition) is 2. The third-order valence-electron chi connectivity index (χ3n) is 8.69. The van der Waals surface area contributed by atoms with Gasteiger partial charge in [-0.25, -0.2) is 0 Å². The zero-order valence-electron chi connectivity index (χ0n) is 25.9. The van der Waals surface area contributed by atoms with Crippen molar-refractivity contribution in [1.29, 1.82) is 0 Å². The van der Waals surface area contributed by atoms with Crippen molar-refractivity contribution < 1.29 is 19.7 Å². The maximum absolute atomic E-state index is 10.3. The summed E-state index contributed by atoms with van der Waals surface area (Å²) in [6.07, 6.45) is 19.8. The third-order valence-corrected chi connectivity index (χ3v) is 9.15. The molecule has 46 heavy (non-hydrogen) atoms. The zero-order chi connectivity index (χ0) is 31.6. The van der Waals surface area contributed by atoms with Gasteiger partial charge < -0.3 is 19.7 Å². The number of nitrogens with zero attached hydrogens (tertiary/aromatic N) is 2. The van der Waals surface area contributed by atoms with Crippen LogP contribution in [0.15, 0.2) is 67.3 Å². The molecule has 4 aromatic rings. The van der Waals surface area contributed by atoms with Gasteiger partial charge >= 0.3 is 0 Å². The SMILES string of the molecule is C.Cc1cc(Cl)cc(-c2cncc(OCC3CCCCC3)c2)c1O.Oc1ccc(Cl)cc1-c1cncc(OCC2CCCCC2)c1. The summed E-state index contributed by atoms with van der Waals surface area (Å²) >= 11 is 12.1. The minimum Gasteiger partial charge on any atom is -0.507 e. The summed E-state index contributed by atoms with van der Waals surface area (Å²) in [6, 6.07) is 12.3. The van der Waals surface area contributed by atoms with Crippen molar-refractivity contribution in [2.75, 3.05) is 13.2 Å². The first kappa shape index (κ1) is 35.4. The van der Waals surface area contributed by atoms with E-state index in [1.807, 2.05) is 19.1 Å². The first-order chi connectivity index (χ1) is 21.9. The topological polar surface area (TPSA) is 84.7 Å². The van der Waals surface area contributed by atoms with Crippen molar-refractivity contribution in [2.45, 2.75) is 78.6 Å². The summed E-state index contributed by atoms with van der Waals surface area (Å²) in [7, 11) is 0. The Bertz CT molecular complexity index is 1550. The number of halogens is 2. The van der Waals surface area contributed by atoms with E-state index in [2.05, 4.69) is 9.97 Å². The molecule has 2 fully saturated rings. The second-order valence-electron chi connectivity index (χ2n) is 12.2. The monoisotopic (exact) mass is 664 g/mol. The van der Waals surface area contributed by atoms with E-state index in [4.69, 9.17) is 32.7 Å². The van der Waals surface area contributed by atoms with Crippen LogP contribution in [-0.2, 0) is 0 Å². The van der Waals surface area contributed by atoms with Crippen molar-refractivity contribution >= 4 is 23.2 Å². The van der Waals surface area contributed by atoms with Gasteiger partial charge in [0.2, 0.25) is 0 Å². The lowest BCUT2D eigenvalue weighted by Gasteiger charge is -2.21. The average molecular weight is 666 g/mol. The van der Waals surface area contributed by atoms with Gasteiger partial charge in [0.1, 0.15) is 23.0 Å². The molecule has 2 N–H and O–H groups in total. The van der Waals surface area contributed by atoms with Crippen LogP contribution in [0.2, 0.25) is 10.0 Å². The number of aromatic nitrogens is 2. The molecular weight excluding hydrogens is 619 g/mol. The molecule has 0 atom stereocenters. The Morgan fingerprint density at radius 1 is 0.652 bits per heavy atom. The molecule has 0 saturated heterocycles. The molecule has 0 spiro atoms. The van der Waals surface area contributed by atoms with Crippen LogP contribution in [0.5, 0.6) is 23.0 Å². The number of aromatic hydroxyl groups is 2. The summed E-state index contributed by atoms with van der Waals surface area (Å²) in [4.78, 5) is 8.46. The Balaban J connectivity index is 0.000000205. The number of hydrogen-bond acceptors (Lipinski definition) is 6. The van der Waals surface area contributed by atoms with Gasteiger partial charge in [0.15, 0.2) is 0 Å². The molecule has 0 bridgehead atoms. The van der Waals surface area contributed by atoms with E-state index in [0.717, 1.165) is 41.4 Å². The van der Waals surface area contributed by atoms with Crippen molar-refractivity contribution in [3.63, 3.8) is 0 Å². The fourth-order valence-electron chi connectivity index (χ4n) is 6.12. The molecule has 246 valence electrons. The molecule has 0 unspecified atom stereocenters. The highest BCUT2D eigenvalue weighted by atomic mass is 35.5. The molecule has 0 aliphatic heterocycles. The minimum atomic E-state index is 0. The molecule has 6 rings (SSSR count). The maximum atomic E-state index is 10.3. The Morgan fingerprint density at radius 2 is 1.15 bits per heavy atom. The fraction of sp³-hybridized carbons (Fsp3) is 0.421. The van der Waals surface area contributed by atoms with Crippen LogP contribution in [0.4, 0.5) is 0 Å². The van der Waals surface area contributed by atoms with E-state index in [-0.39, 0.29) is 18.9 Å². The molecule has 2 heterocycles. The Labute approximate surface area is 283 Å². The first-order valence-electron chi connectivity index (χ1n) is 16.0. The van der Waals surface area contributed by atoms with Crippen molar-refractivity contribution in [2.24, 2.45) is 11.8 Å². The summed E-state index contributed by atoms with van der Waals surface area (Å²) in [5.74, 6) is 3.20. The van der Waals surface area contributed by atoms with Crippen LogP contribution in [0, 0.1) is 18.8 Å². The van der Waals surface area contributed by atoms with Gasteiger partial charge in [-0.3, -0.25) is 9.97 Å². The predicted molar refractivity (Wildman–Crippen MR) is 188 cm³/mol. The normalized spacial score (nSPS) is 15.3. The molecule has 2 aromatic heterocycles. The van der Waals surface area contributed by atoms with E-state index < -0.39 is 0 Å². The van der Waals surface area contributed by atoms with Gasteiger partial charge in [0.05, 0.1) is 25.6 Å². The van der Waals surface area contributed by atoms with Gasteiger partial charge in [0, 0.05) is 44.7 Å². The zero-order valence-corrected chi connectivity index (χ0v) is 27.4. The number of pyridine rings is 2. The molecule has 8 heteroatoms. The Morgan fingerprint density at radius 3 is 1.70 bits per heavy atom. The number of rotatable bonds is 8. The number of benzene rings is 2. The highest BCUT2D eigenvalue weighted by Gasteiger charge is 2.16. The van der Waals surface area contributed by atoms with Gasteiger partial charge in [-0.1, -0.05) is 69.2 Å². The quantitative estimate of drug-likeness (QED) is 0.195. The van der Waals surface area contributed by atoms with E-state index in [1.54, 1.807) is 55.1 Å². The van der Waals surface area contributed by atoms with Crippen molar-refractivity contribution in [3.8, 4) is 45.3 Å². The maximum Gasteiger partial charge on any atom is 0.138 e. The molecule has 0 radical (unpaired) electrons. The Kier molecular flexibility index (Phi) is 13.4. The molecule has 2 aromatic carbocycles. The largest absolute Gasteiger partial charge is 0.507 e. The van der Waals surface area contributed by atoms with E-state index in [0.29, 0.717) is 33.0 Å². The lowest BCUT2D eigenvalue weighted by molar-refractivity contribution is 0.208. The molecule has 0 amide bonds. The number of aryl methyl sites for hydroxylation is 1. The van der Waals surface area contributed by atoms with Crippen LogP contribution in [0.25, 0.3) is 22.3 Å². The second-order valence-corrected chi connectivity index (χ2v) is 13.1. The highest BCUT2D eigenvalue weighted by Crippen LogP contribution is 2.36. The number of ether oxygens (including phenoxy) is 2. The van der Waals surface area contributed by atoms with Crippen LogP contribution in [0.1, 0.15) is 77.2 Å². The number of phenols is 2. The summed E-state index contributed by atoms with van der Waals surface area (Å²) < 4.78 is 11.8. The van der Waals surface area contributed by atoms with Crippen LogP contribution in [0.3, 0.4) is 0 Å². The molecule has 6 nitrogen and oxygen atoms in total. The fourth-order valence-corrected chi connectivity index (χ4v) is 6.57. The van der Waals surface area contributed by atoms with Gasteiger partial charge in [0.25, 0.3) is 0 Å². The molecule has 2 saturated carbocycles. The molecular formula is C38H46Cl2N2O4. The standard InChI is InChI=1S/C19H22ClNO2.C18H20ClNO2.CH4/c1-13-7-16(20)9-18(19(13)22)15-8-17(11-21-10-15)23-12-14-5-3-2-4-6-14;19-15-6-7-18(21)17(9-15)14-8-16(11-20-10-14)22-12-13-4-2-1-3-5-13;/h7-11,14,22H,2-6,12H2,1H3;6-11,13,21H,1-5,12H2;1H4. The lowest BCUT2D eigenvalue weighted by atomic mass is 9.90. The van der Waals surface area contributed by atoms with E-state index in [9.17, 15) is 10.2 Å². The van der Waals surface area contributed by atoms with E-state index in [1.165, 1.54) is 64.2 Å². The van der Waals surface area contributed by atoms with Crippen LogP contribution in [-0.4, -0.2) is 33.4 Å². The summed E-state index contributed by atoms with van der Waals surface area (Å²) in [5.41, 5.74) is 3.73. The smallest absolute Gasteiger partial charge is 0.138 e. The number of phenolic OH excluding ortho intramolecular Hbond substituents is 2. The first-order valence-corrected chi connectivity index (χ1v) is 16.8. The average Bonchev–Trinajstić information content (AvgIpc) is 3.07. The highest BCUT2D eigenvalue weighted by molar-refractivity contribution is 6.31. The van der Waals surface area contributed by atoms with Crippen LogP contribution >= 0.6 is 23.2 Å². The minimum absolute atomic E-state index is 0. The third kappa shape index (κ3) is 10.0. The van der Waals surface area contributed by atoms with Crippen molar-refractivity contribution in [1.82, 2.24) is 9.97 Å². The summed E-state index contributed by atoms with van der Waals surface area (Å²) in [6.45, 7) is 3.32. The Hall–Kier alpha value is -3.48.